The van der Waals surface area contributed by atoms with Gasteiger partial charge in [-0.3, -0.25) is 5.32 Å². The van der Waals surface area contributed by atoms with Crippen LogP contribution in [0.4, 0.5) is 0 Å². The molecule has 17 heteroatoms. The molecule has 0 amide bonds. The van der Waals surface area contributed by atoms with Crippen LogP contribution in [0.2, 0.25) is 0 Å². The predicted molar refractivity (Wildman–Crippen MR) is 216 cm³/mol. The van der Waals surface area contributed by atoms with Crippen LogP contribution >= 0.6 is 0 Å². The van der Waals surface area contributed by atoms with E-state index in [1.54, 1.807) is 0 Å². The molecule has 0 aromatic carbocycles. The Morgan fingerprint density at radius 3 is 2.10 bits per heavy atom. The monoisotopic (exact) mass is 883 g/mol. The Hall–Kier alpha value is -0.940. The van der Waals surface area contributed by atoms with Gasteiger partial charge in [-0.2, -0.15) is 0 Å². The summed E-state index contributed by atoms with van der Waals surface area (Å²) in [5.74, 6) is 3.43. The van der Waals surface area contributed by atoms with Crippen LogP contribution in [-0.2, 0) is 33.2 Å². The molecular formula is C45H73NO16. The van der Waals surface area contributed by atoms with E-state index in [-0.39, 0.29) is 22.7 Å². The predicted octanol–water partition coefficient (Wildman–Crippen LogP) is -0.213. The number of piperidine rings is 1. The summed E-state index contributed by atoms with van der Waals surface area (Å²) in [5.41, 5.74) is 1.41. The molecule has 62 heavy (non-hydrogen) atoms. The van der Waals surface area contributed by atoms with E-state index in [4.69, 9.17) is 33.2 Å². The normalized spacial score (nSPS) is 57.6. The molecule has 4 aliphatic carbocycles. The smallest absolute Gasteiger partial charge is 0.187 e. The minimum Gasteiger partial charge on any atom is -0.394 e. The van der Waals surface area contributed by atoms with Gasteiger partial charge in [0.1, 0.15) is 72.9 Å². The number of aliphatic hydroxyl groups excluding tert-OH is 9. The molecule has 0 aromatic rings. The van der Waals surface area contributed by atoms with Crippen molar-refractivity contribution < 1.29 is 79.1 Å². The molecule has 0 radical (unpaired) electrons. The van der Waals surface area contributed by atoms with Gasteiger partial charge in [0.15, 0.2) is 18.9 Å². The summed E-state index contributed by atoms with van der Waals surface area (Å²) in [7, 11) is 0. The average Bonchev–Trinajstić information content (AvgIpc) is 3.70. The lowest BCUT2D eigenvalue weighted by Crippen LogP contribution is -2.67. The van der Waals surface area contributed by atoms with E-state index in [1.807, 2.05) is 0 Å². The molecule has 9 rings (SSSR count). The highest BCUT2D eigenvalue weighted by Gasteiger charge is 2.68. The number of rotatable bonds is 8. The summed E-state index contributed by atoms with van der Waals surface area (Å²) in [6.45, 7) is 10.8. The Labute approximate surface area is 364 Å². The zero-order valence-corrected chi connectivity index (χ0v) is 36.7. The summed E-state index contributed by atoms with van der Waals surface area (Å²) < 4.78 is 42.9. The lowest BCUT2D eigenvalue weighted by molar-refractivity contribution is -0.389. The molecule has 354 valence electrons. The second kappa shape index (κ2) is 17.3. The highest BCUT2D eigenvalue weighted by Crippen LogP contribution is 2.70. The number of hydrogen-bond acceptors (Lipinski definition) is 17. The maximum absolute atomic E-state index is 11.8. The van der Waals surface area contributed by atoms with Gasteiger partial charge in [0, 0.05) is 12.5 Å². The molecule has 0 bridgehead atoms. The van der Waals surface area contributed by atoms with E-state index in [9.17, 15) is 46.0 Å². The zero-order valence-electron chi connectivity index (χ0n) is 36.7. The maximum atomic E-state index is 11.8. The highest BCUT2D eigenvalue weighted by molar-refractivity contribution is 5.26. The average molecular weight is 884 g/mol. The van der Waals surface area contributed by atoms with Crippen molar-refractivity contribution in [3.63, 3.8) is 0 Å². The highest BCUT2D eigenvalue weighted by atomic mass is 16.8. The first kappa shape index (κ1) is 46.2. The molecule has 5 aliphatic heterocycles. The molecule has 3 saturated carbocycles. The second-order valence-electron chi connectivity index (χ2n) is 21.2. The van der Waals surface area contributed by atoms with Crippen molar-refractivity contribution in [1.82, 2.24) is 5.32 Å². The lowest BCUT2D eigenvalue weighted by Gasteiger charge is -2.59. The third-order valence-corrected chi connectivity index (χ3v) is 17.9. The van der Waals surface area contributed by atoms with Crippen LogP contribution < -0.4 is 5.32 Å². The van der Waals surface area contributed by atoms with Gasteiger partial charge in [-0.15, -0.1) is 0 Å². The summed E-state index contributed by atoms with van der Waals surface area (Å²) in [4.78, 5) is 0. The molecule has 17 nitrogen and oxygen atoms in total. The number of hydrogen-bond donors (Lipinski definition) is 10. The molecule has 5 saturated heterocycles. The minimum atomic E-state index is -1.81. The van der Waals surface area contributed by atoms with E-state index >= 15 is 0 Å². The van der Waals surface area contributed by atoms with Gasteiger partial charge < -0.3 is 79.1 Å². The molecule has 0 unspecified atom stereocenters. The van der Waals surface area contributed by atoms with E-state index in [2.05, 4.69) is 39.1 Å². The molecule has 10 N–H and O–H groups in total. The topological polar surface area (TPSA) is 259 Å². The first-order chi connectivity index (χ1) is 29.4. The van der Waals surface area contributed by atoms with Gasteiger partial charge in [0.2, 0.25) is 0 Å². The van der Waals surface area contributed by atoms with Crippen molar-refractivity contribution in [3.8, 4) is 0 Å². The number of allylic oxidation sites excluding steroid dienone is 1. The minimum absolute atomic E-state index is 0.00160. The van der Waals surface area contributed by atoms with Crippen molar-refractivity contribution in [2.45, 2.75) is 202 Å². The summed E-state index contributed by atoms with van der Waals surface area (Å²) in [6.07, 6.45) is -11.8. The van der Waals surface area contributed by atoms with E-state index in [0.717, 1.165) is 32.2 Å². The first-order valence-corrected chi connectivity index (χ1v) is 23.5. The third kappa shape index (κ3) is 7.49. The second-order valence-corrected chi connectivity index (χ2v) is 21.2. The number of nitrogens with one attached hydrogen (secondary N) is 1. The molecule has 0 aromatic heterocycles. The molecule has 26 atom stereocenters. The molecule has 8 fully saturated rings. The fourth-order valence-electron chi connectivity index (χ4n) is 14.2. The zero-order chi connectivity index (χ0) is 44.2. The summed E-state index contributed by atoms with van der Waals surface area (Å²) in [5, 5.41) is 100. The van der Waals surface area contributed by atoms with Gasteiger partial charge in [0.25, 0.3) is 0 Å². The van der Waals surface area contributed by atoms with Crippen LogP contribution in [0.3, 0.4) is 0 Å². The maximum Gasteiger partial charge on any atom is 0.187 e. The Kier molecular flexibility index (Phi) is 12.9. The number of aliphatic hydroxyl groups is 9. The van der Waals surface area contributed by atoms with Gasteiger partial charge in [-0.25, -0.2) is 0 Å². The number of ether oxygens (including phenoxy) is 7. The number of fused-ring (bicyclic) bond motifs is 7. The fraction of sp³-hybridized carbons (Fsp3) is 0.956. The van der Waals surface area contributed by atoms with Crippen LogP contribution in [0.25, 0.3) is 0 Å². The Morgan fingerprint density at radius 2 is 1.39 bits per heavy atom. The summed E-state index contributed by atoms with van der Waals surface area (Å²) >= 11 is 0. The first-order valence-electron chi connectivity index (χ1n) is 23.5. The lowest BCUT2D eigenvalue weighted by atomic mass is 9.47. The van der Waals surface area contributed by atoms with Gasteiger partial charge in [-0.1, -0.05) is 39.3 Å². The van der Waals surface area contributed by atoms with Crippen molar-refractivity contribution in [3.05, 3.63) is 11.6 Å². The van der Waals surface area contributed by atoms with Crippen molar-refractivity contribution in [2.24, 2.45) is 46.3 Å². The Balaban J connectivity index is 0.877. The Bertz CT molecular complexity index is 1620. The van der Waals surface area contributed by atoms with Crippen molar-refractivity contribution in [2.75, 3.05) is 19.8 Å². The molecule has 5 heterocycles. The quantitative estimate of drug-likeness (QED) is 0.142. The molecule has 1 spiro atoms. The van der Waals surface area contributed by atoms with Crippen LogP contribution in [0.15, 0.2) is 11.6 Å². The SMILES string of the molecule is C[C@@H]1CC[C@@]2(NC1)O[C@H]1C[C@H]3[C@@H]4CC=C5C[C@@H](O[C@@H]6O[C@H](CO)[C@@H](O)[C@H](O[C@@H]7O[C@H](CO)[C@@H](O)[C@H](O)[C@H]7O[C@@H]7O[C@@H](C)[C@H](O)[C@@H](O)[C@H]7O)[C@H]6O)CC[C@]5(C)[C@H]4CC[C@]3(C)[C@H]1[C@@H]2C. The van der Waals surface area contributed by atoms with Crippen LogP contribution in [0, 0.1) is 46.3 Å². The van der Waals surface area contributed by atoms with Crippen molar-refractivity contribution >= 4 is 0 Å². The largest absolute Gasteiger partial charge is 0.394 e. The van der Waals surface area contributed by atoms with Crippen LogP contribution in [0.1, 0.15) is 92.4 Å². The van der Waals surface area contributed by atoms with Gasteiger partial charge in [-0.05, 0) is 105 Å². The van der Waals surface area contributed by atoms with E-state index in [1.165, 1.54) is 31.8 Å². The van der Waals surface area contributed by atoms with E-state index in [0.29, 0.717) is 54.5 Å². The standard InChI is InChI=1S/C45H73NO16/c1-19-8-13-45(46-16-19)20(2)30-27(62-45)15-26-24-7-6-22-14-23(9-11-43(22,4)25(24)10-12-44(26,30)5)57-41-37(55)38(33(51)29(18-48)58-41)60-42-39(35(53)32(50)28(17-47)59-42)61-40-36(54)34(52)31(49)21(3)56-40/h6,19-21,23-42,46-55H,7-18H2,1-5H3/t19-,20+,21+,23+,24-,25+,26+,27+,28-,29-,30+,31+,32-,33-,34-,35+,36-,37-,38+,39-,40+,41-,42+,43+,44+,45-/m1/s1. The third-order valence-electron chi connectivity index (χ3n) is 17.9. The molecular weight excluding hydrogens is 810 g/mol. The van der Waals surface area contributed by atoms with Crippen LogP contribution in [-0.4, -0.2) is 176 Å². The Morgan fingerprint density at radius 1 is 0.694 bits per heavy atom. The van der Waals surface area contributed by atoms with Crippen LogP contribution in [0.5, 0.6) is 0 Å². The van der Waals surface area contributed by atoms with E-state index < -0.39 is 105 Å². The fourth-order valence-corrected chi connectivity index (χ4v) is 14.2. The molecule has 9 aliphatic rings. The van der Waals surface area contributed by atoms with Crippen molar-refractivity contribution in [1.29, 1.82) is 0 Å². The van der Waals surface area contributed by atoms with Gasteiger partial charge >= 0.3 is 0 Å². The van der Waals surface area contributed by atoms with Gasteiger partial charge in [0.05, 0.1) is 31.5 Å². The summed E-state index contributed by atoms with van der Waals surface area (Å²) in [6, 6.07) is 0.